The average molecular weight is 683 g/mol. The maximum Gasteiger partial charge on any atom is 0.224 e. The number of pyridine rings is 1. The van der Waals surface area contributed by atoms with Crippen molar-refractivity contribution in [2.24, 2.45) is 4.99 Å². The van der Waals surface area contributed by atoms with Gasteiger partial charge in [-0.25, -0.2) is 10.0 Å². The summed E-state index contributed by atoms with van der Waals surface area (Å²) in [5.74, 6) is 2.52. The highest BCUT2D eigenvalue weighted by molar-refractivity contribution is 6.15. The molecule has 3 unspecified atom stereocenters. The SMILES string of the molecule is c1ccc(C2N=C(n3c4ccccc4c4cc(-n5c6c(c7ccccc75)Oc5cnccc5-c5ccccc5-6)ccc43)N3C(c4ccccc4)N23)cc1. The number of hydrazine groups is 1. The number of hydrogen-bond donors (Lipinski definition) is 0. The fourth-order valence-corrected chi connectivity index (χ4v) is 8.67. The van der Waals surface area contributed by atoms with Crippen LogP contribution in [0.25, 0.3) is 60.8 Å². The lowest BCUT2D eigenvalue weighted by molar-refractivity contribution is 0.340. The van der Waals surface area contributed by atoms with Crippen LogP contribution in [0.15, 0.2) is 175 Å². The molecule has 0 bridgehead atoms. The van der Waals surface area contributed by atoms with Gasteiger partial charge in [0.1, 0.15) is 6.17 Å². The van der Waals surface area contributed by atoms with Gasteiger partial charge in [-0.3, -0.25) is 9.55 Å². The van der Waals surface area contributed by atoms with Crippen molar-refractivity contribution in [1.29, 1.82) is 0 Å². The fourth-order valence-electron chi connectivity index (χ4n) is 8.67. The summed E-state index contributed by atoms with van der Waals surface area (Å²) < 4.78 is 11.5. The van der Waals surface area contributed by atoms with Gasteiger partial charge in [0.25, 0.3) is 0 Å². The number of benzene rings is 6. The van der Waals surface area contributed by atoms with Gasteiger partial charge in [0.15, 0.2) is 17.7 Å². The number of rotatable bonds is 3. The first-order chi connectivity index (χ1) is 26.3. The average Bonchev–Trinajstić information content (AvgIpc) is 3.58. The highest BCUT2D eigenvalue weighted by atomic mass is 16.5. The second-order valence-electron chi connectivity index (χ2n) is 13.8. The maximum atomic E-state index is 6.83. The standard InChI is InChI=1S/C46H30N6O/c1-3-13-29(14-4-1)44-48-46(52-45(51(44)52)30-15-5-2-6-16-30)50-38-21-11-9-18-33(38)37-27-31(23-24-40(37)50)49-39-22-12-10-20-36(39)43-42(49)35-19-8-7-17-32(35)34-25-26-47-28-41(34)53-43/h1-28,44-45H. The van der Waals surface area contributed by atoms with Gasteiger partial charge in [-0.15, -0.1) is 0 Å². The van der Waals surface area contributed by atoms with Crippen molar-refractivity contribution >= 4 is 38.7 Å². The zero-order valence-electron chi connectivity index (χ0n) is 28.4. The highest BCUT2D eigenvalue weighted by Gasteiger charge is 2.58. The summed E-state index contributed by atoms with van der Waals surface area (Å²) in [7, 11) is 0. The van der Waals surface area contributed by atoms with E-state index in [0.717, 1.165) is 72.9 Å². The Labute approximate surface area is 304 Å². The van der Waals surface area contributed by atoms with Gasteiger partial charge in [0, 0.05) is 39.2 Å². The molecule has 9 aromatic rings. The Morgan fingerprint density at radius 3 is 2.00 bits per heavy atom. The number of nitrogens with zero attached hydrogens (tertiary/aromatic N) is 6. The summed E-state index contributed by atoms with van der Waals surface area (Å²) in [5, 5.41) is 8.14. The Morgan fingerprint density at radius 1 is 0.528 bits per heavy atom. The molecule has 7 heteroatoms. The van der Waals surface area contributed by atoms with Crippen molar-refractivity contribution in [3.05, 3.63) is 181 Å². The summed E-state index contributed by atoms with van der Waals surface area (Å²) in [4.78, 5) is 9.87. The smallest absolute Gasteiger partial charge is 0.224 e. The minimum atomic E-state index is -0.118. The van der Waals surface area contributed by atoms with E-state index >= 15 is 0 Å². The predicted molar refractivity (Wildman–Crippen MR) is 210 cm³/mol. The largest absolute Gasteiger partial charge is 0.452 e. The molecule has 0 saturated carbocycles. The van der Waals surface area contributed by atoms with E-state index < -0.39 is 0 Å². The van der Waals surface area contributed by atoms with Crippen molar-refractivity contribution in [1.82, 2.24) is 24.1 Å². The lowest BCUT2D eigenvalue weighted by atomic mass is 9.98. The van der Waals surface area contributed by atoms with Gasteiger partial charge >= 0.3 is 0 Å². The topological polar surface area (TPSA) is 50.4 Å². The van der Waals surface area contributed by atoms with E-state index in [-0.39, 0.29) is 12.3 Å². The van der Waals surface area contributed by atoms with Gasteiger partial charge in [-0.05, 0) is 59.2 Å². The molecule has 53 heavy (non-hydrogen) atoms. The van der Waals surface area contributed by atoms with Crippen LogP contribution in [0.4, 0.5) is 0 Å². The molecule has 1 fully saturated rings. The molecule has 3 aliphatic heterocycles. The van der Waals surface area contributed by atoms with Crippen LogP contribution in [-0.4, -0.2) is 30.1 Å². The predicted octanol–water partition coefficient (Wildman–Crippen LogP) is 10.7. The lowest BCUT2D eigenvalue weighted by Gasteiger charge is -2.15. The summed E-state index contributed by atoms with van der Waals surface area (Å²) in [6.07, 6.45) is 3.64. The van der Waals surface area contributed by atoms with Crippen LogP contribution < -0.4 is 4.74 Å². The summed E-state index contributed by atoms with van der Waals surface area (Å²) in [6.45, 7) is 0. The summed E-state index contributed by atoms with van der Waals surface area (Å²) in [5.41, 5.74) is 11.1. The first-order valence-electron chi connectivity index (χ1n) is 18.0. The van der Waals surface area contributed by atoms with Crippen LogP contribution in [0.2, 0.25) is 0 Å². The number of aromatic nitrogens is 3. The van der Waals surface area contributed by atoms with Gasteiger partial charge in [0.2, 0.25) is 5.96 Å². The minimum absolute atomic E-state index is 0.102. The number of ether oxygens (including phenoxy) is 1. The Balaban J connectivity index is 1.09. The summed E-state index contributed by atoms with van der Waals surface area (Å²) >= 11 is 0. The van der Waals surface area contributed by atoms with E-state index in [0.29, 0.717) is 0 Å². The van der Waals surface area contributed by atoms with Gasteiger partial charge < -0.3 is 9.30 Å². The molecule has 0 amide bonds. The quantitative estimate of drug-likeness (QED) is 0.174. The number of fused-ring (bicyclic) bond motifs is 11. The van der Waals surface area contributed by atoms with Crippen LogP contribution in [0.5, 0.6) is 11.5 Å². The zero-order chi connectivity index (χ0) is 34.6. The Bertz CT molecular complexity index is 2960. The van der Waals surface area contributed by atoms with Gasteiger partial charge in [-0.1, -0.05) is 115 Å². The third-order valence-corrected chi connectivity index (χ3v) is 11.0. The number of hydrogen-bond acceptors (Lipinski definition) is 5. The van der Waals surface area contributed by atoms with Crippen LogP contribution in [0.1, 0.15) is 23.5 Å². The summed E-state index contributed by atoms with van der Waals surface area (Å²) in [6, 6.07) is 56.0. The van der Waals surface area contributed by atoms with Crippen molar-refractivity contribution in [3.8, 4) is 39.6 Å². The fraction of sp³-hybridized carbons (Fsp3) is 0.0435. The molecule has 3 atom stereocenters. The first kappa shape index (κ1) is 28.7. The molecular formula is C46H30N6O. The van der Waals surface area contributed by atoms with E-state index in [1.807, 2.05) is 18.5 Å². The maximum absolute atomic E-state index is 6.83. The van der Waals surface area contributed by atoms with Crippen molar-refractivity contribution in [2.45, 2.75) is 12.3 Å². The zero-order valence-corrected chi connectivity index (χ0v) is 28.4. The monoisotopic (exact) mass is 682 g/mol. The van der Waals surface area contributed by atoms with E-state index in [1.54, 1.807) is 0 Å². The lowest BCUT2D eigenvalue weighted by Crippen LogP contribution is -2.20. The molecule has 3 aliphatic rings. The Hall–Kier alpha value is -6.96. The Morgan fingerprint density at radius 2 is 1.19 bits per heavy atom. The molecule has 6 aromatic carbocycles. The molecular weight excluding hydrogens is 653 g/mol. The first-order valence-corrected chi connectivity index (χ1v) is 18.0. The minimum Gasteiger partial charge on any atom is -0.452 e. The molecule has 0 spiro atoms. The normalized spacial score (nSPS) is 18.2. The van der Waals surface area contributed by atoms with Crippen molar-refractivity contribution < 1.29 is 4.74 Å². The molecule has 0 radical (unpaired) electrons. The molecule has 3 aromatic heterocycles. The molecule has 0 N–H and O–H groups in total. The van der Waals surface area contributed by atoms with Crippen LogP contribution in [-0.2, 0) is 0 Å². The second kappa shape index (κ2) is 10.8. The van der Waals surface area contributed by atoms with E-state index in [1.165, 1.54) is 16.5 Å². The molecule has 0 aliphatic carbocycles. The van der Waals surface area contributed by atoms with E-state index in [9.17, 15) is 0 Å². The van der Waals surface area contributed by atoms with E-state index in [2.05, 4.69) is 176 Å². The van der Waals surface area contributed by atoms with Crippen molar-refractivity contribution in [2.75, 3.05) is 0 Å². The third-order valence-electron chi connectivity index (χ3n) is 11.0. The van der Waals surface area contributed by atoms with Crippen LogP contribution in [0.3, 0.4) is 0 Å². The third kappa shape index (κ3) is 4.02. The molecule has 7 nitrogen and oxygen atoms in total. The van der Waals surface area contributed by atoms with E-state index in [4.69, 9.17) is 9.73 Å². The molecule has 12 rings (SSSR count). The van der Waals surface area contributed by atoms with Crippen LogP contribution in [0, 0.1) is 0 Å². The molecule has 250 valence electrons. The van der Waals surface area contributed by atoms with Gasteiger partial charge in [0.05, 0.1) is 28.4 Å². The Kier molecular flexibility index (Phi) is 5.84. The number of aliphatic imine (C=N–C) groups is 1. The molecule has 1 saturated heterocycles. The highest BCUT2D eigenvalue weighted by Crippen LogP contribution is 2.55. The van der Waals surface area contributed by atoms with Crippen LogP contribution >= 0.6 is 0 Å². The van der Waals surface area contributed by atoms with Crippen molar-refractivity contribution in [3.63, 3.8) is 0 Å². The number of para-hydroxylation sites is 2. The van der Waals surface area contributed by atoms with Gasteiger partial charge in [-0.2, -0.15) is 5.01 Å². The second-order valence-corrected chi connectivity index (χ2v) is 13.8. The molecule has 6 heterocycles.